The number of nitrogens with zero attached hydrogens (tertiary/aromatic N) is 1. The number of rotatable bonds is 3. The fourth-order valence-electron chi connectivity index (χ4n) is 1.97. The van der Waals surface area contributed by atoms with Crippen molar-refractivity contribution in [3.05, 3.63) is 0 Å². The van der Waals surface area contributed by atoms with Gasteiger partial charge < -0.3 is 14.9 Å². The minimum atomic E-state index is -0.359. The van der Waals surface area contributed by atoms with Crippen LogP contribution in [0.25, 0.3) is 0 Å². The SMILES string of the molecule is CB(O)N1CCCCC1CCO. The van der Waals surface area contributed by atoms with Gasteiger partial charge in [-0.2, -0.15) is 0 Å². The zero-order chi connectivity index (χ0) is 8.97. The fourth-order valence-corrected chi connectivity index (χ4v) is 1.97. The van der Waals surface area contributed by atoms with Crippen LogP contribution in [0.1, 0.15) is 25.7 Å². The van der Waals surface area contributed by atoms with Crippen molar-refractivity contribution >= 4 is 7.05 Å². The van der Waals surface area contributed by atoms with E-state index in [9.17, 15) is 5.02 Å². The molecule has 1 heterocycles. The molecule has 1 saturated heterocycles. The summed E-state index contributed by atoms with van der Waals surface area (Å²) in [4.78, 5) is 2.08. The molecule has 12 heavy (non-hydrogen) atoms. The molecule has 1 unspecified atom stereocenters. The van der Waals surface area contributed by atoms with Crippen LogP contribution in [0.15, 0.2) is 0 Å². The third-order valence-corrected chi connectivity index (χ3v) is 2.61. The molecular weight excluding hydrogens is 153 g/mol. The predicted octanol–water partition coefficient (Wildman–Crippen LogP) is 0.334. The van der Waals surface area contributed by atoms with Gasteiger partial charge in [0.15, 0.2) is 0 Å². The summed E-state index contributed by atoms with van der Waals surface area (Å²) >= 11 is 0. The first-order chi connectivity index (χ1) is 5.75. The Hall–Kier alpha value is -0.0551. The summed E-state index contributed by atoms with van der Waals surface area (Å²) in [5.41, 5.74) is 0. The molecule has 1 rings (SSSR count). The molecule has 0 amide bonds. The molecule has 0 aliphatic carbocycles. The van der Waals surface area contributed by atoms with Gasteiger partial charge in [0, 0.05) is 12.6 Å². The van der Waals surface area contributed by atoms with Gasteiger partial charge in [-0.05, 0) is 32.6 Å². The molecule has 0 saturated carbocycles. The van der Waals surface area contributed by atoms with Crippen LogP contribution in [-0.4, -0.2) is 41.2 Å². The first-order valence-electron chi connectivity index (χ1n) is 4.80. The second-order valence-corrected chi connectivity index (χ2v) is 3.53. The van der Waals surface area contributed by atoms with Gasteiger partial charge in [0.25, 0.3) is 0 Å². The Bertz CT molecular complexity index is 130. The fraction of sp³-hybridized carbons (Fsp3) is 1.00. The van der Waals surface area contributed by atoms with E-state index < -0.39 is 0 Å². The van der Waals surface area contributed by atoms with Crippen molar-refractivity contribution in [3.8, 4) is 0 Å². The highest BCUT2D eigenvalue weighted by molar-refractivity contribution is 6.45. The number of hydrogen-bond acceptors (Lipinski definition) is 3. The summed E-state index contributed by atoms with van der Waals surface area (Å²) in [6, 6.07) is 0.392. The Morgan fingerprint density at radius 2 is 2.25 bits per heavy atom. The van der Waals surface area contributed by atoms with Crippen LogP contribution in [0.3, 0.4) is 0 Å². The summed E-state index contributed by atoms with van der Waals surface area (Å²) in [5, 5.41) is 18.2. The average Bonchev–Trinajstić information content (AvgIpc) is 2.05. The molecule has 70 valence electrons. The van der Waals surface area contributed by atoms with Gasteiger partial charge in [0.1, 0.15) is 0 Å². The number of aliphatic hydroxyl groups is 1. The monoisotopic (exact) mass is 171 g/mol. The van der Waals surface area contributed by atoms with Gasteiger partial charge in [-0.25, -0.2) is 0 Å². The molecule has 1 atom stereocenters. The number of aliphatic hydroxyl groups excluding tert-OH is 1. The molecule has 0 aromatic rings. The van der Waals surface area contributed by atoms with Crippen molar-refractivity contribution in [3.63, 3.8) is 0 Å². The van der Waals surface area contributed by atoms with E-state index in [0.29, 0.717) is 6.04 Å². The second-order valence-electron chi connectivity index (χ2n) is 3.53. The average molecular weight is 171 g/mol. The van der Waals surface area contributed by atoms with Gasteiger partial charge >= 0.3 is 7.05 Å². The Balaban J connectivity index is 2.42. The molecule has 0 bridgehead atoms. The highest BCUT2D eigenvalue weighted by Gasteiger charge is 2.26. The van der Waals surface area contributed by atoms with E-state index in [1.807, 2.05) is 0 Å². The van der Waals surface area contributed by atoms with Crippen molar-refractivity contribution in [2.75, 3.05) is 13.2 Å². The molecule has 1 aliphatic rings. The number of piperidine rings is 1. The zero-order valence-electron chi connectivity index (χ0n) is 7.74. The molecule has 1 aliphatic heterocycles. The Kier molecular flexibility index (Phi) is 4.05. The lowest BCUT2D eigenvalue weighted by Gasteiger charge is -2.36. The summed E-state index contributed by atoms with van der Waals surface area (Å²) in [6.07, 6.45) is 4.32. The minimum absolute atomic E-state index is 0.230. The summed E-state index contributed by atoms with van der Waals surface area (Å²) in [5.74, 6) is 0. The van der Waals surface area contributed by atoms with Crippen LogP contribution in [0.4, 0.5) is 0 Å². The van der Waals surface area contributed by atoms with Crippen molar-refractivity contribution in [2.45, 2.75) is 38.5 Å². The van der Waals surface area contributed by atoms with Crippen LogP contribution in [0.5, 0.6) is 0 Å². The molecule has 0 radical (unpaired) electrons. The van der Waals surface area contributed by atoms with E-state index in [2.05, 4.69) is 4.81 Å². The summed E-state index contributed by atoms with van der Waals surface area (Å²) < 4.78 is 0. The largest absolute Gasteiger partial charge is 0.437 e. The van der Waals surface area contributed by atoms with Crippen LogP contribution < -0.4 is 0 Å². The van der Waals surface area contributed by atoms with Gasteiger partial charge in [-0.1, -0.05) is 6.42 Å². The van der Waals surface area contributed by atoms with Crippen LogP contribution in [-0.2, 0) is 0 Å². The Labute approximate surface area is 74.5 Å². The zero-order valence-corrected chi connectivity index (χ0v) is 7.74. The first kappa shape index (κ1) is 10.0. The highest BCUT2D eigenvalue weighted by Crippen LogP contribution is 2.19. The minimum Gasteiger partial charge on any atom is -0.437 e. The van der Waals surface area contributed by atoms with E-state index in [1.165, 1.54) is 12.8 Å². The first-order valence-corrected chi connectivity index (χ1v) is 4.80. The topological polar surface area (TPSA) is 43.7 Å². The molecule has 0 spiro atoms. The van der Waals surface area contributed by atoms with Crippen LogP contribution in [0.2, 0.25) is 6.82 Å². The van der Waals surface area contributed by atoms with Gasteiger partial charge in [0.05, 0.1) is 0 Å². The molecular formula is C8H18BNO2. The summed E-state index contributed by atoms with van der Waals surface area (Å²) in [6.45, 7) is 3.01. The molecule has 0 aromatic heterocycles. The number of hydrogen-bond donors (Lipinski definition) is 2. The predicted molar refractivity (Wildman–Crippen MR) is 49.9 cm³/mol. The molecule has 4 heteroatoms. The molecule has 1 fully saturated rings. The Morgan fingerprint density at radius 1 is 1.50 bits per heavy atom. The van der Waals surface area contributed by atoms with E-state index in [4.69, 9.17) is 5.11 Å². The lowest BCUT2D eigenvalue weighted by Crippen LogP contribution is -2.48. The summed E-state index contributed by atoms with van der Waals surface area (Å²) in [7, 11) is -0.359. The van der Waals surface area contributed by atoms with Gasteiger partial charge in [-0.15, -0.1) is 0 Å². The maximum Gasteiger partial charge on any atom is 0.376 e. The second kappa shape index (κ2) is 4.85. The van der Waals surface area contributed by atoms with Gasteiger partial charge in [0.2, 0.25) is 0 Å². The van der Waals surface area contributed by atoms with Gasteiger partial charge in [-0.3, -0.25) is 0 Å². The van der Waals surface area contributed by atoms with Crippen molar-refractivity contribution in [1.82, 2.24) is 4.81 Å². The van der Waals surface area contributed by atoms with Crippen molar-refractivity contribution < 1.29 is 10.1 Å². The quantitative estimate of drug-likeness (QED) is 0.601. The molecule has 0 aromatic carbocycles. The standard InChI is InChI=1S/C8H18BNO2/c1-9(12)10-6-3-2-4-8(10)5-7-11/h8,11-12H,2-7H2,1H3. The van der Waals surface area contributed by atoms with Crippen molar-refractivity contribution in [1.29, 1.82) is 0 Å². The Morgan fingerprint density at radius 3 is 2.83 bits per heavy atom. The lowest BCUT2D eigenvalue weighted by atomic mass is 9.79. The van der Waals surface area contributed by atoms with Crippen LogP contribution in [0, 0.1) is 0 Å². The van der Waals surface area contributed by atoms with E-state index in [1.54, 1.807) is 6.82 Å². The lowest BCUT2D eigenvalue weighted by molar-refractivity contribution is 0.176. The van der Waals surface area contributed by atoms with Crippen molar-refractivity contribution in [2.24, 2.45) is 0 Å². The molecule has 3 nitrogen and oxygen atoms in total. The van der Waals surface area contributed by atoms with E-state index in [-0.39, 0.29) is 13.7 Å². The highest BCUT2D eigenvalue weighted by atomic mass is 16.3. The molecule has 2 N–H and O–H groups in total. The van der Waals surface area contributed by atoms with Crippen LogP contribution >= 0.6 is 0 Å². The maximum absolute atomic E-state index is 9.42. The smallest absolute Gasteiger partial charge is 0.376 e. The third kappa shape index (κ3) is 2.47. The normalized spacial score (nSPS) is 25.8. The maximum atomic E-state index is 9.42. The van der Waals surface area contributed by atoms with E-state index in [0.717, 1.165) is 19.4 Å². The van der Waals surface area contributed by atoms with E-state index >= 15 is 0 Å². The third-order valence-electron chi connectivity index (χ3n) is 2.61.